The predicted molar refractivity (Wildman–Crippen MR) is 69.3 cm³/mol. The van der Waals surface area contributed by atoms with Gasteiger partial charge in [-0.05, 0) is 38.9 Å². The number of nitrogens with one attached hydrogen (secondary N) is 1. The van der Waals surface area contributed by atoms with Crippen molar-refractivity contribution < 1.29 is 0 Å². The van der Waals surface area contributed by atoms with Crippen molar-refractivity contribution in [2.45, 2.75) is 53.0 Å². The van der Waals surface area contributed by atoms with Gasteiger partial charge in [0.1, 0.15) is 0 Å². The molecule has 1 heterocycles. The van der Waals surface area contributed by atoms with Crippen molar-refractivity contribution in [3.63, 3.8) is 0 Å². The maximum Gasteiger partial charge on any atom is 0.0214 e. The van der Waals surface area contributed by atoms with Gasteiger partial charge in [0.2, 0.25) is 0 Å². The third-order valence-electron chi connectivity index (χ3n) is 3.08. The fourth-order valence-electron chi connectivity index (χ4n) is 2.06. The second-order valence-electron chi connectivity index (χ2n) is 4.50. The highest BCUT2D eigenvalue weighted by molar-refractivity contribution is 4.75. The first-order valence-electron chi connectivity index (χ1n) is 6.63. The van der Waals surface area contributed by atoms with Gasteiger partial charge in [0.05, 0.1) is 0 Å². The minimum atomic E-state index is 0.665. The van der Waals surface area contributed by atoms with Crippen LogP contribution in [0.5, 0.6) is 0 Å². The van der Waals surface area contributed by atoms with Gasteiger partial charge in [-0.15, -0.1) is 0 Å². The topological polar surface area (TPSA) is 15.3 Å². The Morgan fingerprint density at radius 1 is 1.07 bits per heavy atom. The summed E-state index contributed by atoms with van der Waals surface area (Å²) in [6, 6.07) is 0.665. The molecule has 0 bridgehead atoms. The van der Waals surface area contributed by atoms with Crippen LogP contribution >= 0.6 is 0 Å². The number of piperidine rings is 1. The van der Waals surface area contributed by atoms with Crippen molar-refractivity contribution in [1.82, 2.24) is 10.2 Å². The zero-order valence-electron chi connectivity index (χ0n) is 11.3. The highest BCUT2D eigenvalue weighted by atomic mass is 15.1. The molecule has 0 aromatic heterocycles. The number of nitrogens with zero attached hydrogens (tertiary/aromatic N) is 1. The van der Waals surface area contributed by atoms with Crippen LogP contribution in [-0.4, -0.2) is 37.6 Å². The van der Waals surface area contributed by atoms with E-state index in [0.29, 0.717) is 6.04 Å². The van der Waals surface area contributed by atoms with Gasteiger partial charge in [-0.2, -0.15) is 0 Å². The van der Waals surface area contributed by atoms with Crippen molar-refractivity contribution in [1.29, 1.82) is 0 Å². The largest absolute Gasteiger partial charge is 0.315 e. The monoisotopic (exact) mass is 214 g/mol. The van der Waals surface area contributed by atoms with Gasteiger partial charge in [-0.25, -0.2) is 0 Å². The van der Waals surface area contributed by atoms with Crippen molar-refractivity contribution in [3.8, 4) is 0 Å². The van der Waals surface area contributed by atoms with Gasteiger partial charge in [-0.1, -0.05) is 34.1 Å². The molecule has 1 atom stereocenters. The lowest BCUT2D eigenvalue weighted by molar-refractivity contribution is 0.191. The Hall–Kier alpha value is -0.0800. The van der Waals surface area contributed by atoms with E-state index in [9.17, 15) is 0 Å². The average Bonchev–Trinajstić information content (AvgIpc) is 2.29. The van der Waals surface area contributed by atoms with Gasteiger partial charge in [0.25, 0.3) is 0 Å². The summed E-state index contributed by atoms with van der Waals surface area (Å²) >= 11 is 0. The van der Waals surface area contributed by atoms with E-state index >= 15 is 0 Å². The molecule has 1 aliphatic heterocycles. The van der Waals surface area contributed by atoms with Gasteiger partial charge < -0.3 is 10.2 Å². The molecule has 2 nitrogen and oxygen atoms in total. The van der Waals surface area contributed by atoms with E-state index in [2.05, 4.69) is 31.1 Å². The number of likely N-dealkylation sites (N-methyl/N-ethyl adjacent to an activating group) is 1. The zero-order valence-corrected chi connectivity index (χ0v) is 11.3. The highest BCUT2D eigenvalue weighted by Crippen LogP contribution is 2.11. The summed E-state index contributed by atoms with van der Waals surface area (Å²) in [5.74, 6) is 0.743. The molecule has 1 rings (SSSR count). The van der Waals surface area contributed by atoms with E-state index in [-0.39, 0.29) is 0 Å². The predicted octanol–water partition coefficient (Wildman–Crippen LogP) is 2.74. The fraction of sp³-hybridized carbons (Fsp3) is 1.00. The van der Waals surface area contributed by atoms with Crippen LogP contribution in [0.2, 0.25) is 0 Å². The molecule has 2 heteroatoms. The van der Waals surface area contributed by atoms with E-state index in [1.165, 1.54) is 38.9 Å². The molecule has 0 aromatic rings. The quantitative estimate of drug-likeness (QED) is 0.774. The van der Waals surface area contributed by atoms with Crippen LogP contribution in [0.4, 0.5) is 0 Å². The third-order valence-corrected chi connectivity index (χ3v) is 3.08. The minimum Gasteiger partial charge on any atom is -0.315 e. The van der Waals surface area contributed by atoms with Crippen LogP contribution in [0.25, 0.3) is 0 Å². The van der Waals surface area contributed by atoms with Crippen molar-refractivity contribution in [2.75, 3.05) is 26.7 Å². The normalized spacial score (nSPS) is 19.6. The second kappa shape index (κ2) is 9.17. The Kier molecular flexibility index (Phi) is 9.12. The second-order valence-corrected chi connectivity index (χ2v) is 4.50. The van der Waals surface area contributed by atoms with Crippen molar-refractivity contribution >= 4 is 0 Å². The molecule has 1 saturated heterocycles. The Labute approximate surface area is 96.4 Å². The summed E-state index contributed by atoms with van der Waals surface area (Å²) in [7, 11) is 2.08. The molecule has 1 N–H and O–H groups in total. The van der Waals surface area contributed by atoms with Crippen LogP contribution in [0.15, 0.2) is 0 Å². The first-order chi connectivity index (χ1) is 7.24. The van der Waals surface area contributed by atoms with E-state index < -0.39 is 0 Å². The Bertz CT molecular complexity index is 128. The van der Waals surface area contributed by atoms with Crippen molar-refractivity contribution in [3.05, 3.63) is 0 Å². The summed E-state index contributed by atoms with van der Waals surface area (Å²) in [6.07, 6.45) is 4.23. The summed E-state index contributed by atoms with van der Waals surface area (Å²) in [5, 5.41) is 3.41. The maximum atomic E-state index is 3.41. The molecule has 92 valence electrons. The summed E-state index contributed by atoms with van der Waals surface area (Å²) in [5.41, 5.74) is 0. The molecular weight excluding hydrogens is 184 g/mol. The van der Waals surface area contributed by atoms with Gasteiger partial charge in [0.15, 0.2) is 0 Å². The first-order valence-corrected chi connectivity index (χ1v) is 6.63. The Balaban J connectivity index is 0.000000921. The zero-order chi connectivity index (χ0) is 11.7. The van der Waals surface area contributed by atoms with Gasteiger partial charge in [0, 0.05) is 12.6 Å². The Morgan fingerprint density at radius 3 is 2.00 bits per heavy atom. The molecule has 0 radical (unpaired) electrons. The first kappa shape index (κ1) is 14.9. The smallest absolute Gasteiger partial charge is 0.0214 e. The molecule has 1 unspecified atom stereocenters. The van der Waals surface area contributed by atoms with Crippen LogP contribution in [0, 0.1) is 5.92 Å². The van der Waals surface area contributed by atoms with E-state index in [0.717, 1.165) is 5.92 Å². The molecule has 15 heavy (non-hydrogen) atoms. The van der Waals surface area contributed by atoms with E-state index in [1.54, 1.807) is 0 Å². The van der Waals surface area contributed by atoms with Crippen LogP contribution in [-0.2, 0) is 0 Å². The van der Waals surface area contributed by atoms with Crippen LogP contribution < -0.4 is 5.32 Å². The molecule has 0 aliphatic carbocycles. The molecular formula is C13H30N2. The van der Waals surface area contributed by atoms with E-state index in [1.807, 2.05) is 13.8 Å². The highest BCUT2D eigenvalue weighted by Gasteiger charge is 2.17. The molecule has 0 aromatic carbocycles. The van der Waals surface area contributed by atoms with E-state index in [4.69, 9.17) is 0 Å². The number of likely N-dealkylation sites (tertiary alicyclic amines) is 1. The summed E-state index contributed by atoms with van der Waals surface area (Å²) in [6.45, 7) is 12.4. The van der Waals surface area contributed by atoms with Crippen LogP contribution in [0.1, 0.15) is 47.0 Å². The number of hydrogen-bond donors (Lipinski definition) is 1. The summed E-state index contributed by atoms with van der Waals surface area (Å²) in [4.78, 5) is 2.60. The average molecular weight is 214 g/mol. The molecule has 1 fully saturated rings. The van der Waals surface area contributed by atoms with Crippen molar-refractivity contribution in [2.24, 2.45) is 5.92 Å². The summed E-state index contributed by atoms with van der Waals surface area (Å²) < 4.78 is 0. The lowest BCUT2D eigenvalue weighted by atomic mass is 10.0. The van der Waals surface area contributed by atoms with Gasteiger partial charge >= 0.3 is 0 Å². The molecule has 1 aliphatic rings. The third kappa shape index (κ3) is 6.16. The van der Waals surface area contributed by atoms with Crippen LogP contribution in [0.3, 0.4) is 0 Å². The maximum absolute atomic E-state index is 3.41. The number of rotatable bonds is 4. The minimum absolute atomic E-state index is 0.665. The standard InChI is InChI=1S/C11H24N2.C2H6/c1-10(2)11(12-3)9-13-7-5-4-6-8-13;1-2/h10-12H,4-9H2,1-3H3;1-2H3. The molecule has 0 saturated carbocycles. The lowest BCUT2D eigenvalue weighted by Crippen LogP contribution is -2.44. The van der Waals surface area contributed by atoms with Gasteiger partial charge in [-0.3, -0.25) is 0 Å². The Morgan fingerprint density at radius 2 is 1.60 bits per heavy atom. The molecule has 0 spiro atoms. The molecule has 0 amide bonds. The SMILES string of the molecule is CC.CNC(CN1CCCCC1)C(C)C. The fourth-order valence-corrected chi connectivity index (χ4v) is 2.06. The number of hydrogen-bond acceptors (Lipinski definition) is 2. The lowest BCUT2D eigenvalue weighted by Gasteiger charge is -2.31.